The van der Waals surface area contributed by atoms with Crippen LogP contribution in [0.3, 0.4) is 0 Å². The third-order valence-electron chi connectivity index (χ3n) is 3.80. The summed E-state index contributed by atoms with van der Waals surface area (Å²) in [7, 11) is -3.67. The third-order valence-corrected chi connectivity index (χ3v) is 6.11. The first-order valence-corrected chi connectivity index (χ1v) is 9.18. The molecule has 0 aliphatic heterocycles. The molecule has 0 aliphatic carbocycles. The van der Waals surface area contributed by atoms with Crippen molar-refractivity contribution in [3.05, 3.63) is 63.8 Å². The van der Waals surface area contributed by atoms with Crippen LogP contribution in [-0.2, 0) is 10.0 Å². The Morgan fingerprint density at radius 2 is 1.78 bits per heavy atom. The number of halogens is 1. The van der Waals surface area contributed by atoms with Gasteiger partial charge in [-0.2, -0.15) is 0 Å². The van der Waals surface area contributed by atoms with Gasteiger partial charge in [0, 0.05) is 21.6 Å². The van der Waals surface area contributed by atoms with Crippen molar-refractivity contribution in [3.63, 3.8) is 0 Å². The van der Waals surface area contributed by atoms with E-state index in [4.69, 9.17) is 6.42 Å². The molecule has 116 valence electrons. The predicted octanol–water partition coefficient (Wildman–Crippen LogP) is 4.24. The molecule has 2 aromatic carbocycles. The van der Waals surface area contributed by atoms with E-state index in [1.54, 1.807) is 36.5 Å². The molecule has 0 bridgehead atoms. The number of rotatable bonds is 2. The summed E-state index contributed by atoms with van der Waals surface area (Å²) in [5.41, 5.74) is 3.12. The molecule has 0 unspecified atom stereocenters. The molecule has 5 heteroatoms. The quantitative estimate of drug-likeness (QED) is 0.616. The number of benzene rings is 2. The number of hydrogen-bond donors (Lipinski definition) is 0. The average molecular weight is 388 g/mol. The maximum Gasteiger partial charge on any atom is 0.268 e. The average Bonchev–Trinajstić information content (AvgIpc) is 2.94. The summed E-state index contributed by atoms with van der Waals surface area (Å²) in [5, 5.41) is 0.745. The van der Waals surface area contributed by atoms with Crippen LogP contribution in [0.2, 0.25) is 0 Å². The van der Waals surface area contributed by atoms with Gasteiger partial charge in [0.2, 0.25) is 0 Å². The summed E-state index contributed by atoms with van der Waals surface area (Å²) in [6.45, 7) is 3.79. The Morgan fingerprint density at radius 1 is 1.13 bits per heavy atom. The fourth-order valence-electron chi connectivity index (χ4n) is 2.63. The van der Waals surface area contributed by atoms with E-state index < -0.39 is 10.0 Å². The Morgan fingerprint density at radius 3 is 2.39 bits per heavy atom. The number of aromatic nitrogens is 1. The summed E-state index contributed by atoms with van der Waals surface area (Å²) in [6.07, 6.45) is 7.13. The molecule has 0 N–H and O–H groups in total. The van der Waals surface area contributed by atoms with Gasteiger partial charge in [0.1, 0.15) is 0 Å². The highest BCUT2D eigenvalue weighted by atomic mass is 79.9. The molecular weight excluding hydrogens is 374 g/mol. The van der Waals surface area contributed by atoms with E-state index in [1.807, 2.05) is 19.9 Å². The first-order valence-electron chi connectivity index (χ1n) is 6.95. The molecular formula is C18H14BrNO2S. The van der Waals surface area contributed by atoms with Crippen LogP contribution in [0.1, 0.15) is 16.7 Å². The van der Waals surface area contributed by atoms with Gasteiger partial charge in [0.05, 0.1) is 10.4 Å². The molecule has 23 heavy (non-hydrogen) atoms. The van der Waals surface area contributed by atoms with E-state index in [9.17, 15) is 8.42 Å². The predicted molar refractivity (Wildman–Crippen MR) is 96.1 cm³/mol. The zero-order valence-corrected chi connectivity index (χ0v) is 15.1. The molecule has 0 radical (unpaired) electrons. The molecule has 0 fully saturated rings. The topological polar surface area (TPSA) is 39.1 Å². The van der Waals surface area contributed by atoms with Crippen LogP contribution in [0, 0.1) is 26.2 Å². The van der Waals surface area contributed by atoms with Crippen molar-refractivity contribution < 1.29 is 8.42 Å². The lowest BCUT2D eigenvalue weighted by Gasteiger charge is -2.11. The minimum absolute atomic E-state index is 0.255. The molecule has 3 nitrogen and oxygen atoms in total. The van der Waals surface area contributed by atoms with Gasteiger partial charge in [-0.05, 0) is 59.6 Å². The van der Waals surface area contributed by atoms with Crippen LogP contribution >= 0.6 is 15.9 Å². The van der Waals surface area contributed by atoms with Gasteiger partial charge in [-0.15, -0.1) is 6.42 Å². The second kappa shape index (κ2) is 5.55. The van der Waals surface area contributed by atoms with Crippen molar-refractivity contribution in [3.8, 4) is 12.3 Å². The standard InChI is InChI=1S/C18H14BrNO2S/c1-4-15-16-9-10-20(18(16)13(3)11-17(15)19)23(21,22)14-7-5-12(2)6-8-14/h1,5-11H,2-3H3. The van der Waals surface area contributed by atoms with Crippen molar-refractivity contribution in [1.82, 2.24) is 3.97 Å². The largest absolute Gasteiger partial charge is 0.268 e. The molecule has 0 aliphatic rings. The number of aryl methyl sites for hydroxylation is 2. The number of fused-ring (bicyclic) bond motifs is 1. The zero-order valence-electron chi connectivity index (χ0n) is 12.7. The fourth-order valence-corrected chi connectivity index (χ4v) is 4.71. The van der Waals surface area contributed by atoms with Gasteiger partial charge in [0.15, 0.2) is 0 Å². The lowest BCUT2D eigenvalue weighted by Crippen LogP contribution is -2.12. The van der Waals surface area contributed by atoms with E-state index in [0.717, 1.165) is 21.0 Å². The van der Waals surface area contributed by atoms with Gasteiger partial charge in [-0.25, -0.2) is 12.4 Å². The summed E-state index contributed by atoms with van der Waals surface area (Å²) in [4.78, 5) is 0.255. The van der Waals surface area contributed by atoms with E-state index in [2.05, 4.69) is 21.9 Å². The number of nitrogens with zero attached hydrogens (tertiary/aromatic N) is 1. The number of hydrogen-bond acceptors (Lipinski definition) is 2. The summed E-state index contributed by atoms with van der Waals surface area (Å²) in [6, 6.07) is 10.4. The molecule has 3 aromatic rings. The van der Waals surface area contributed by atoms with E-state index in [0.29, 0.717) is 11.1 Å². The van der Waals surface area contributed by atoms with E-state index >= 15 is 0 Å². The van der Waals surface area contributed by atoms with Crippen LogP contribution in [0.25, 0.3) is 10.9 Å². The van der Waals surface area contributed by atoms with Gasteiger partial charge >= 0.3 is 0 Å². The Labute approximate surface area is 144 Å². The van der Waals surface area contributed by atoms with Gasteiger partial charge in [-0.3, -0.25) is 0 Å². The van der Waals surface area contributed by atoms with Crippen molar-refractivity contribution in [2.75, 3.05) is 0 Å². The highest BCUT2D eigenvalue weighted by Gasteiger charge is 2.21. The molecule has 0 spiro atoms. The monoisotopic (exact) mass is 387 g/mol. The summed E-state index contributed by atoms with van der Waals surface area (Å²) in [5.74, 6) is 2.62. The fraction of sp³-hybridized carbons (Fsp3) is 0.111. The van der Waals surface area contributed by atoms with Crippen LogP contribution in [0.4, 0.5) is 0 Å². The van der Waals surface area contributed by atoms with E-state index in [-0.39, 0.29) is 4.90 Å². The Bertz CT molecular complexity index is 1060. The van der Waals surface area contributed by atoms with E-state index in [1.165, 1.54) is 3.97 Å². The summed E-state index contributed by atoms with van der Waals surface area (Å²) < 4.78 is 28.0. The van der Waals surface area contributed by atoms with Crippen molar-refractivity contribution in [2.24, 2.45) is 0 Å². The molecule has 3 rings (SSSR count). The molecule has 0 amide bonds. The van der Waals surface area contributed by atoms with Crippen molar-refractivity contribution in [1.29, 1.82) is 0 Å². The van der Waals surface area contributed by atoms with Gasteiger partial charge < -0.3 is 0 Å². The third kappa shape index (κ3) is 2.48. The second-order valence-corrected chi connectivity index (χ2v) is 8.06. The Kier molecular flexibility index (Phi) is 3.83. The normalized spacial score (nSPS) is 11.6. The Balaban J connectivity index is 2.33. The summed E-state index contributed by atoms with van der Waals surface area (Å²) >= 11 is 3.44. The molecule has 0 atom stereocenters. The number of terminal acetylenes is 1. The first-order chi connectivity index (χ1) is 10.9. The highest BCUT2D eigenvalue weighted by Crippen LogP contribution is 2.32. The highest BCUT2D eigenvalue weighted by molar-refractivity contribution is 9.10. The smallest absolute Gasteiger partial charge is 0.241 e. The second-order valence-electron chi connectivity index (χ2n) is 5.39. The van der Waals surface area contributed by atoms with Crippen LogP contribution < -0.4 is 0 Å². The minimum Gasteiger partial charge on any atom is -0.241 e. The van der Waals surface area contributed by atoms with Crippen molar-refractivity contribution in [2.45, 2.75) is 18.7 Å². The van der Waals surface area contributed by atoms with Gasteiger partial charge in [0.25, 0.3) is 10.0 Å². The molecule has 1 aromatic heterocycles. The van der Waals surface area contributed by atoms with Crippen LogP contribution in [0.5, 0.6) is 0 Å². The molecule has 0 saturated heterocycles. The first kappa shape index (κ1) is 15.9. The zero-order chi connectivity index (χ0) is 16.8. The lowest BCUT2D eigenvalue weighted by molar-refractivity contribution is 0.589. The van der Waals surface area contributed by atoms with Crippen LogP contribution in [0.15, 0.2) is 52.0 Å². The minimum atomic E-state index is -3.67. The Hall–Kier alpha value is -2.03. The maximum atomic E-state index is 13.0. The molecule has 0 saturated carbocycles. The lowest BCUT2D eigenvalue weighted by atomic mass is 10.1. The SMILES string of the molecule is C#Cc1c(Br)cc(C)c2c1ccn2S(=O)(=O)c1ccc(C)cc1. The van der Waals surface area contributed by atoms with Crippen LogP contribution in [-0.4, -0.2) is 12.4 Å². The van der Waals surface area contributed by atoms with Gasteiger partial charge in [-0.1, -0.05) is 23.6 Å². The maximum absolute atomic E-state index is 13.0. The molecule has 1 heterocycles. The van der Waals surface area contributed by atoms with Crippen molar-refractivity contribution >= 4 is 36.9 Å².